The Morgan fingerprint density at radius 1 is 1.06 bits per heavy atom. The van der Waals surface area contributed by atoms with Crippen LogP contribution in [0, 0.1) is 0 Å². The van der Waals surface area contributed by atoms with Crippen LogP contribution in [0.25, 0.3) is 22.7 Å². The van der Waals surface area contributed by atoms with Gasteiger partial charge in [0.2, 0.25) is 5.13 Å². The van der Waals surface area contributed by atoms with E-state index < -0.39 is 0 Å². The lowest BCUT2D eigenvalue weighted by Crippen LogP contribution is -2.31. The Balaban J connectivity index is 1.46. The Kier molecular flexibility index (Phi) is 6.13. The van der Waals surface area contributed by atoms with Crippen LogP contribution < -0.4 is 20.5 Å². The van der Waals surface area contributed by atoms with E-state index in [1.165, 1.54) is 11.3 Å². The van der Waals surface area contributed by atoms with E-state index in [0.29, 0.717) is 34.6 Å². The van der Waals surface area contributed by atoms with Gasteiger partial charge in [0, 0.05) is 17.0 Å². The van der Waals surface area contributed by atoms with Crippen molar-refractivity contribution in [3.05, 3.63) is 65.5 Å². The summed E-state index contributed by atoms with van der Waals surface area (Å²) in [7, 11) is 3.22. The molecule has 4 rings (SSSR count). The first-order valence-electron chi connectivity index (χ1n) is 9.44. The van der Waals surface area contributed by atoms with E-state index in [1.807, 2.05) is 60.0 Å². The number of hydrogen-bond donors (Lipinski definition) is 2. The van der Waals surface area contributed by atoms with Crippen LogP contribution in [0.3, 0.4) is 0 Å². The van der Waals surface area contributed by atoms with Gasteiger partial charge in [0.1, 0.15) is 22.9 Å². The molecule has 0 aliphatic rings. The van der Waals surface area contributed by atoms with Gasteiger partial charge in [-0.25, -0.2) is 4.98 Å². The number of ether oxygens (including phenoxy) is 2. The van der Waals surface area contributed by atoms with Gasteiger partial charge >= 0.3 is 0 Å². The average molecular weight is 436 g/mol. The minimum atomic E-state index is 0.233. The third-order valence-electron chi connectivity index (χ3n) is 4.52. The van der Waals surface area contributed by atoms with Gasteiger partial charge in [-0.15, -0.1) is 11.3 Å². The van der Waals surface area contributed by atoms with Crippen LogP contribution in [0.2, 0.25) is 0 Å². The van der Waals surface area contributed by atoms with Gasteiger partial charge in [-0.2, -0.15) is 4.99 Å². The lowest BCUT2D eigenvalue weighted by atomic mass is 10.1. The minimum absolute atomic E-state index is 0.233. The second-order valence-electron chi connectivity index (χ2n) is 6.45. The van der Waals surface area contributed by atoms with Crippen molar-refractivity contribution >= 4 is 22.4 Å². The second-order valence-corrected chi connectivity index (χ2v) is 7.29. The number of hydrogen-bond acceptors (Lipinski definition) is 7. The minimum Gasteiger partial charge on any atom is -0.496 e. The van der Waals surface area contributed by atoms with Crippen LogP contribution in [0.4, 0.5) is 5.13 Å². The second kappa shape index (κ2) is 9.31. The van der Waals surface area contributed by atoms with Crippen LogP contribution in [0.5, 0.6) is 11.5 Å². The molecule has 8 nitrogen and oxygen atoms in total. The molecule has 0 fully saturated rings. The zero-order chi connectivity index (χ0) is 21.6. The molecule has 0 aliphatic heterocycles. The van der Waals surface area contributed by atoms with Crippen LogP contribution in [0.1, 0.15) is 5.56 Å². The van der Waals surface area contributed by atoms with E-state index in [2.05, 4.69) is 20.4 Å². The molecule has 0 radical (unpaired) electrons. The van der Waals surface area contributed by atoms with Crippen molar-refractivity contribution in [2.45, 2.75) is 6.54 Å². The number of aromatic nitrogens is 2. The Hall–Kier alpha value is -3.85. The zero-order valence-corrected chi connectivity index (χ0v) is 17.8. The number of rotatable bonds is 7. The molecule has 4 aromatic rings. The van der Waals surface area contributed by atoms with Gasteiger partial charge in [0.05, 0.1) is 26.3 Å². The number of nitrogens with one attached hydrogen (secondary N) is 1. The molecule has 0 unspecified atom stereocenters. The standard InChI is InChI=1S/C22H21N5O3S/c1-28-18-9-6-10-19(29-2)15(18)12-24-21(23)26-22-25-17(13-31-22)20-11-16(27-30-20)14-7-4-3-5-8-14/h3-11,13H,12H2,1-2H3,(H3,23,24,25,26). The molecule has 0 saturated carbocycles. The number of benzene rings is 2. The summed E-state index contributed by atoms with van der Waals surface area (Å²) in [6, 6.07) is 17.3. The molecule has 0 aliphatic carbocycles. The van der Waals surface area contributed by atoms with Crippen molar-refractivity contribution in [3.8, 4) is 34.2 Å². The number of guanidine groups is 1. The van der Waals surface area contributed by atoms with E-state index in [0.717, 1.165) is 16.8 Å². The lowest BCUT2D eigenvalue weighted by molar-refractivity contribution is 0.384. The summed E-state index contributed by atoms with van der Waals surface area (Å²) in [4.78, 5) is 8.82. The molecule has 0 atom stereocenters. The SMILES string of the molecule is COc1cccc(OC)c1CNC(N)=Nc1nc(-c2cc(-c3ccccc3)no2)cs1. The normalized spacial score (nSPS) is 11.4. The van der Waals surface area contributed by atoms with Gasteiger partial charge in [-0.05, 0) is 12.1 Å². The molecule has 158 valence electrons. The Morgan fingerprint density at radius 2 is 1.81 bits per heavy atom. The molecule has 0 amide bonds. The van der Waals surface area contributed by atoms with E-state index in [1.54, 1.807) is 14.2 Å². The van der Waals surface area contributed by atoms with Gasteiger partial charge in [0.25, 0.3) is 0 Å². The van der Waals surface area contributed by atoms with Crippen LogP contribution >= 0.6 is 11.3 Å². The van der Waals surface area contributed by atoms with Crippen molar-refractivity contribution in [1.82, 2.24) is 15.5 Å². The maximum Gasteiger partial charge on any atom is 0.212 e. The molecule has 2 heterocycles. The molecular formula is C22H21N5O3S. The first-order chi connectivity index (χ1) is 15.2. The fourth-order valence-electron chi connectivity index (χ4n) is 2.99. The van der Waals surface area contributed by atoms with E-state index in [4.69, 9.17) is 19.7 Å². The smallest absolute Gasteiger partial charge is 0.212 e. The highest BCUT2D eigenvalue weighted by Crippen LogP contribution is 2.30. The van der Waals surface area contributed by atoms with Crippen molar-refractivity contribution in [2.75, 3.05) is 14.2 Å². The fraction of sp³-hybridized carbons (Fsp3) is 0.136. The summed E-state index contributed by atoms with van der Waals surface area (Å²) >= 11 is 1.36. The van der Waals surface area contributed by atoms with Crippen LogP contribution in [-0.2, 0) is 6.54 Å². The summed E-state index contributed by atoms with van der Waals surface area (Å²) in [6.45, 7) is 0.392. The molecule has 3 N–H and O–H groups in total. The van der Waals surface area contributed by atoms with Gasteiger partial charge in [-0.3, -0.25) is 0 Å². The zero-order valence-electron chi connectivity index (χ0n) is 17.0. The van der Waals surface area contributed by atoms with E-state index in [-0.39, 0.29) is 5.96 Å². The monoisotopic (exact) mass is 435 g/mol. The third kappa shape index (κ3) is 4.67. The number of aliphatic imine (C=N–C) groups is 1. The largest absolute Gasteiger partial charge is 0.496 e. The third-order valence-corrected chi connectivity index (χ3v) is 5.25. The van der Waals surface area contributed by atoms with Gasteiger partial charge in [0.15, 0.2) is 11.7 Å². The number of methoxy groups -OCH3 is 2. The molecule has 9 heteroatoms. The summed E-state index contributed by atoms with van der Waals surface area (Å²) in [6.07, 6.45) is 0. The first-order valence-corrected chi connectivity index (χ1v) is 10.3. The molecule has 0 saturated heterocycles. The summed E-state index contributed by atoms with van der Waals surface area (Å²) < 4.78 is 16.2. The number of thiazole rings is 1. The highest BCUT2D eigenvalue weighted by atomic mass is 32.1. The lowest BCUT2D eigenvalue weighted by Gasteiger charge is -2.13. The Morgan fingerprint density at radius 3 is 2.52 bits per heavy atom. The summed E-state index contributed by atoms with van der Waals surface area (Å²) in [5.74, 6) is 2.21. The quantitative estimate of drug-likeness (QED) is 0.330. The molecule has 2 aromatic heterocycles. The molecule has 2 aromatic carbocycles. The Bertz CT molecular complexity index is 1160. The number of nitrogens with zero attached hydrogens (tertiary/aromatic N) is 3. The predicted octanol–water partition coefficient (Wildman–Crippen LogP) is 4.22. The maximum atomic E-state index is 6.05. The average Bonchev–Trinajstić information content (AvgIpc) is 3.47. The summed E-state index contributed by atoms with van der Waals surface area (Å²) in [5, 5.41) is 9.55. The van der Waals surface area contributed by atoms with Crippen molar-refractivity contribution in [3.63, 3.8) is 0 Å². The predicted molar refractivity (Wildman–Crippen MR) is 121 cm³/mol. The molecular weight excluding hydrogens is 414 g/mol. The van der Waals surface area contributed by atoms with Crippen LogP contribution in [-0.4, -0.2) is 30.3 Å². The van der Waals surface area contributed by atoms with E-state index in [9.17, 15) is 0 Å². The molecule has 0 spiro atoms. The van der Waals surface area contributed by atoms with Crippen molar-refractivity contribution in [1.29, 1.82) is 0 Å². The first kappa shape index (κ1) is 20.4. The van der Waals surface area contributed by atoms with Gasteiger partial charge < -0.3 is 25.0 Å². The fourth-order valence-corrected chi connectivity index (χ4v) is 3.68. The highest BCUT2D eigenvalue weighted by molar-refractivity contribution is 7.13. The highest BCUT2D eigenvalue weighted by Gasteiger charge is 2.13. The number of nitrogens with two attached hydrogens (primary N) is 1. The van der Waals surface area contributed by atoms with Crippen LogP contribution in [0.15, 0.2) is 69.5 Å². The maximum absolute atomic E-state index is 6.05. The van der Waals surface area contributed by atoms with Gasteiger partial charge in [-0.1, -0.05) is 41.6 Å². The molecule has 31 heavy (non-hydrogen) atoms. The van der Waals surface area contributed by atoms with E-state index >= 15 is 0 Å². The molecule has 0 bridgehead atoms. The van der Waals surface area contributed by atoms with Crippen molar-refractivity contribution in [2.24, 2.45) is 10.7 Å². The Labute approximate surface area is 183 Å². The van der Waals surface area contributed by atoms with Crippen molar-refractivity contribution < 1.29 is 14.0 Å². The topological polar surface area (TPSA) is 108 Å². The summed E-state index contributed by atoms with van der Waals surface area (Å²) in [5.41, 5.74) is 9.28.